The zero-order valence-electron chi connectivity index (χ0n) is 11.8. The van der Waals surface area contributed by atoms with Crippen molar-refractivity contribution in [2.24, 2.45) is 5.92 Å². The zero-order chi connectivity index (χ0) is 14.8. The van der Waals surface area contributed by atoms with Crippen LogP contribution in [0.3, 0.4) is 0 Å². The lowest BCUT2D eigenvalue weighted by atomic mass is 9.92. The number of hydrogen-bond donors (Lipinski definition) is 2. The molecule has 114 valence electrons. The first-order chi connectivity index (χ1) is 9.63. The van der Waals surface area contributed by atoms with Gasteiger partial charge >= 0.3 is 12.0 Å². The fourth-order valence-corrected chi connectivity index (χ4v) is 2.84. The quantitative estimate of drug-likeness (QED) is 0.532. The first kappa shape index (κ1) is 16.9. The molecule has 0 atom stereocenters. The summed E-state index contributed by atoms with van der Waals surface area (Å²) in [6.45, 7) is 5.79. The Morgan fingerprint density at radius 1 is 1.40 bits per heavy atom. The summed E-state index contributed by atoms with van der Waals surface area (Å²) >= 11 is 1.74. The van der Waals surface area contributed by atoms with Crippen molar-refractivity contribution in [2.75, 3.05) is 31.1 Å². The van der Waals surface area contributed by atoms with Gasteiger partial charge in [0.2, 0.25) is 0 Å². The molecule has 2 N–H and O–H groups in total. The molecule has 6 heteroatoms. The van der Waals surface area contributed by atoms with Crippen LogP contribution in [0, 0.1) is 5.92 Å². The average Bonchev–Trinajstić information content (AvgIpc) is 2.45. The van der Waals surface area contributed by atoms with Crippen LogP contribution in [-0.2, 0) is 4.79 Å². The lowest BCUT2D eigenvalue weighted by Gasteiger charge is -2.31. The van der Waals surface area contributed by atoms with Gasteiger partial charge in [-0.2, -0.15) is 11.8 Å². The van der Waals surface area contributed by atoms with Crippen LogP contribution in [-0.4, -0.2) is 53.1 Å². The molecule has 1 aliphatic heterocycles. The molecule has 0 bridgehead atoms. The Bertz CT molecular complexity index is 328. The number of aliphatic carboxylic acids is 1. The minimum atomic E-state index is -0.734. The molecule has 0 unspecified atom stereocenters. The number of rotatable bonds is 8. The number of piperidine rings is 1. The summed E-state index contributed by atoms with van der Waals surface area (Å²) in [5.41, 5.74) is 0. The maximum absolute atomic E-state index is 11.9. The SMILES string of the molecule is C=CCSCCNC(=O)N1CCC(CCC(=O)O)CC1. The number of thioether (sulfide) groups is 1. The highest BCUT2D eigenvalue weighted by molar-refractivity contribution is 7.99. The molecule has 2 amide bonds. The van der Waals surface area contributed by atoms with Gasteiger partial charge in [-0.3, -0.25) is 4.79 Å². The average molecular weight is 300 g/mol. The molecule has 0 aromatic heterocycles. The number of carboxylic acid groups (broad SMARTS) is 1. The number of carboxylic acids is 1. The van der Waals surface area contributed by atoms with Crippen molar-refractivity contribution in [3.63, 3.8) is 0 Å². The lowest BCUT2D eigenvalue weighted by molar-refractivity contribution is -0.137. The van der Waals surface area contributed by atoms with E-state index in [4.69, 9.17) is 5.11 Å². The second-order valence-electron chi connectivity index (χ2n) is 4.96. The van der Waals surface area contributed by atoms with E-state index in [-0.39, 0.29) is 12.5 Å². The second-order valence-corrected chi connectivity index (χ2v) is 6.11. The van der Waals surface area contributed by atoms with Crippen molar-refractivity contribution in [1.82, 2.24) is 10.2 Å². The van der Waals surface area contributed by atoms with E-state index in [0.29, 0.717) is 12.5 Å². The Morgan fingerprint density at radius 3 is 2.70 bits per heavy atom. The van der Waals surface area contributed by atoms with Gasteiger partial charge in [0, 0.05) is 37.6 Å². The first-order valence-electron chi connectivity index (χ1n) is 7.06. The Balaban J connectivity index is 2.12. The van der Waals surface area contributed by atoms with Crippen molar-refractivity contribution in [3.05, 3.63) is 12.7 Å². The molecule has 1 saturated heterocycles. The molecule has 0 radical (unpaired) electrons. The topological polar surface area (TPSA) is 69.6 Å². The normalized spacial score (nSPS) is 15.9. The van der Waals surface area contributed by atoms with Gasteiger partial charge in [0.15, 0.2) is 0 Å². The summed E-state index contributed by atoms with van der Waals surface area (Å²) in [5.74, 6) is 1.51. The summed E-state index contributed by atoms with van der Waals surface area (Å²) in [6.07, 6.45) is 4.63. The Hall–Kier alpha value is -1.17. The van der Waals surface area contributed by atoms with Crippen molar-refractivity contribution in [1.29, 1.82) is 0 Å². The molecular formula is C14H24N2O3S. The molecule has 1 fully saturated rings. The summed E-state index contributed by atoms with van der Waals surface area (Å²) in [6, 6.07) is 0.000822. The molecule has 1 rings (SSSR count). The molecule has 0 saturated carbocycles. The summed E-state index contributed by atoms with van der Waals surface area (Å²) < 4.78 is 0. The molecule has 0 aromatic rings. The summed E-state index contributed by atoms with van der Waals surface area (Å²) in [5, 5.41) is 11.6. The highest BCUT2D eigenvalue weighted by Gasteiger charge is 2.22. The van der Waals surface area contributed by atoms with Crippen LogP contribution >= 0.6 is 11.8 Å². The number of carbonyl (C=O) groups is 2. The highest BCUT2D eigenvalue weighted by Crippen LogP contribution is 2.21. The van der Waals surface area contributed by atoms with E-state index in [9.17, 15) is 9.59 Å². The molecule has 20 heavy (non-hydrogen) atoms. The van der Waals surface area contributed by atoms with E-state index in [2.05, 4.69) is 11.9 Å². The third-order valence-corrected chi connectivity index (χ3v) is 4.39. The van der Waals surface area contributed by atoms with Crippen LogP contribution in [0.1, 0.15) is 25.7 Å². The largest absolute Gasteiger partial charge is 0.481 e. The minimum absolute atomic E-state index is 0.000822. The number of urea groups is 1. The molecule has 5 nitrogen and oxygen atoms in total. The molecular weight excluding hydrogens is 276 g/mol. The van der Waals surface area contributed by atoms with E-state index in [1.807, 2.05) is 11.0 Å². The Labute approximate surface area is 124 Å². The summed E-state index contributed by atoms with van der Waals surface area (Å²) in [7, 11) is 0. The fraction of sp³-hybridized carbons (Fsp3) is 0.714. The van der Waals surface area contributed by atoms with Crippen LogP contribution in [0.4, 0.5) is 4.79 Å². The van der Waals surface area contributed by atoms with Crippen LogP contribution in [0.15, 0.2) is 12.7 Å². The number of hydrogen-bond acceptors (Lipinski definition) is 3. The lowest BCUT2D eigenvalue weighted by Crippen LogP contribution is -2.45. The van der Waals surface area contributed by atoms with E-state index < -0.39 is 5.97 Å². The van der Waals surface area contributed by atoms with E-state index in [0.717, 1.165) is 43.9 Å². The number of nitrogens with one attached hydrogen (secondary N) is 1. The Morgan fingerprint density at radius 2 is 2.10 bits per heavy atom. The van der Waals surface area contributed by atoms with Crippen LogP contribution in [0.5, 0.6) is 0 Å². The molecule has 1 heterocycles. The number of likely N-dealkylation sites (tertiary alicyclic amines) is 1. The first-order valence-corrected chi connectivity index (χ1v) is 8.22. The molecule has 0 spiro atoms. The van der Waals surface area contributed by atoms with Gasteiger partial charge in [0.25, 0.3) is 0 Å². The number of amides is 2. The van der Waals surface area contributed by atoms with Gasteiger partial charge in [-0.05, 0) is 25.2 Å². The molecule has 0 aliphatic carbocycles. The number of carbonyl (C=O) groups excluding carboxylic acids is 1. The van der Waals surface area contributed by atoms with Gasteiger partial charge < -0.3 is 15.3 Å². The van der Waals surface area contributed by atoms with Gasteiger partial charge in [-0.15, -0.1) is 6.58 Å². The van der Waals surface area contributed by atoms with Crippen molar-refractivity contribution >= 4 is 23.8 Å². The predicted molar refractivity (Wildman–Crippen MR) is 82.1 cm³/mol. The maximum atomic E-state index is 11.9. The van der Waals surface area contributed by atoms with Crippen LogP contribution in [0.2, 0.25) is 0 Å². The van der Waals surface area contributed by atoms with E-state index in [1.54, 1.807) is 11.8 Å². The smallest absolute Gasteiger partial charge is 0.317 e. The van der Waals surface area contributed by atoms with Crippen molar-refractivity contribution in [3.8, 4) is 0 Å². The van der Waals surface area contributed by atoms with E-state index in [1.165, 1.54) is 0 Å². The van der Waals surface area contributed by atoms with Crippen molar-refractivity contribution in [2.45, 2.75) is 25.7 Å². The maximum Gasteiger partial charge on any atom is 0.317 e. The van der Waals surface area contributed by atoms with E-state index >= 15 is 0 Å². The van der Waals surface area contributed by atoms with Gasteiger partial charge in [0.1, 0.15) is 0 Å². The third kappa shape index (κ3) is 6.84. The molecule has 0 aromatic carbocycles. The standard InChI is InChI=1S/C14H24N2O3S/c1-2-10-20-11-7-15-14(19)16-8-5-12(6-9-16)3-4-13(17)18/h2,12H,1,3-11H2,(H,15,19)(H,17,18). The van der Waals surface area contributed by atoms with Gasteiger partial charge in [0.05, 0.1) is 0 Å². The third-order valence-electron chi connectivity index (χ3n) is 3.43. The highest BCUT2D eigenvalue weighted by atomic mass is 32.2. The van der Waals surface area contributed by atoms with Gasteiger partial charge in [-0.25, -0.2) is 4.79 Å². The monoisotopic (exact) mass is 300 g/mol. The second kappa shape index (κ2) is 9.69. The van der Waals surface area contributed by atoms with Gasteiger partial charge in [-0.1, -0.05) is 6.08 Å². The van der Waals surface area contributed by atoms with Crippen molar-refractivity contribution < 1.29 is 14.7 Å². The minimum Gasteiger partial charge on any atom is -0.481 e. The predicted octanol–water partition coefficient (Wildman–Crippen LogP) is 2.19. The molecule has 1 aliphatic rings. The summed E-state index contributed by atoms with van der Waals surface area (Å²) in [4.78, 5) is 24.2. The fourth-order valence-electron chi connectivity index (χ4n) is 2.26. The Kier molecular flexibility index (Phi) is 8.18. The van der Waals surface area contributed by atoms with Crippen LogP contribution in [0.25, 0.3) is 0 Å². The van der Waals surface area contributed by atoms with Crippen LogP contribution < -0.4 is 5.32 Å². The zero-order valence-corrected chi connectivity index (χ0v) is 12.7. The number of nitrogens with zero attached hydrogens (tertiary/aromatic N) is 1.